The molecule has 6 nitrogen and oxygen atoms in total. The number of halogens is 2. The third-order valence-corrected chi connectivity index (χ3v) is 4.73. The molecule has 2 heterocycles. The van der Waals surface area contributed by atoms with E-state index in [0.717, 1.165) is 58.2 Å². The van der Waals surface area contributed by atoms with Gasteiger partial charge in [-0.15, -0.1) is 24.8 Å². The summed E-state index contributed by atoms with van der Waals surface area (Å²) in [5.41, 5.74) is 2.14. The lowest BCUT2D eigenvalue weighted by atomic mass is 10.2. The number of nitrogens with zero attached hydrogens (tertiary/aromatic N) is 2. The lowest BCUT2D eigenvalue weighted by molar-refractivity contribution is -0.118. The molecule has 0 saturated carbocycles. The molecule has 2 N–H and O–H groups in total. The summed E-state index contributed by atoms with van der Waals surface area (Å²) in [6.45, 7) is 9.98. The van der Waals surface area contributed by atoms with Gasteiger partial charge in [0.2, 0.25) is 5.91 Å². The van der Waals surface area contributed by atoms with Gasteiger partial charge in [-0.1, -0.05) is 12.1 Å². The summed E-state index contributed by atoms with van der Waals surface area (Å²) >= 11 is 0. The molecule has 1 aromatic rings. The Morgan fingerprint density at radius 1 is 1.19 bits per heavy atom. The number of anilines is 1. The van der Waals surface area contributed by atoms with E-state index in [-0.39, 0.29) is 30.7 Å². The second kappa shape index (κ2) is 11.7. The van der Waals surface area contributed by atoms with Gasteiger partial charge in [0.05, 0.1) is 19.8 Å². The number of hydrogen-bond acceptors (Lipinski definition) is 5. The summed E-state index contributed by atoms with van der Waals surface area (Å²) in [6, 6.07) is 8.58. The van der Waals surface area contributed by atoms with E-state index >= 15 is 0 Å². The first-order valence-electron chi connectivity index (χ1n) is 8.84. The molecule has 1 aromatic carbocycles. The molecule has 0 bridgehead atoms. The van der Waals surface area contributed by atoms with Crippen LogP contribution in [0.25, 0.3) is 0 Å². The highest BCUT2D eigenvalue weighted by Gasteiger charge is 2.20. The monoisotopic (exact) mass is 404 g/mol. The van der Waals surface area contributed by atoms with Crippen LogP contribution < -0.4 is 10.6 Å². The molecule has 3 rings (SSSR count). The van der Waals surface area contributed by atoms with Crippen molar-refractivity contribution in [2.75, 3.05) is 57.8 Å². The van der Waals surface area contributed by atoms with Crippen molar-refractivity contribution in [3.8, 4) is 0 Å². The quantitative estimate of drug-likeness (QED) is 0.780. The first-order valence-corrected chi connectivity index (χ1v) is 8.84. The summed E-state index contributed by atoms with van der Waals surface area (Å²) < 4.78 is 5.37. The van der Waals surface area contributed by atoms with E-state index in [2.05, 4.69) is 39.5 Å². The van der Waals surface area contributed by atoms with Gasteiger partial charge in [-0.2, -0.15) is 0 Å². The molecule has 8 heteroatoms. The van der Waals surface area contributed by atoms with Crippen molar-refractivity contribution in [1.29, 1.82) is 0 Å². The molecule has 0 radical (unpaired) electrons. The van der Waals surface area contributed by atoms with Crippen molar-refractivity contribution in [2.24, 2.45) is 0 Å². The van der Waals surface area contributed by atoms with E-state index in [1.807, 2.05) is 12.1 Å². The Labute approximate surface area is 168 Å². The molecule has 0 aliphatic carbocycles. The zero-order valence-corrected chi connectivity index (χ0v) is 16.9. The molecule has 0 spiro atoms. The van der Waals surface area contributed by atoms with Crippen molar-refractivity contribution in [1.82, 2.24) is 15.1 Å². The van der Waals surface area contributed by atoms with Crippen molar-refractivity contribution >= 4 is 36.4 Å². The minimum Gasteiger partial charge on any atom is -0.379 e. The van der Waals surface area contributed by atoms with Crippen LogP contribution >= 0.6 is 24.8 Å². The van der Waals surface area contributed by atoms with Crippen molar-refractivity contribution < 1.29 is 9.53 Å². The normalized spacial score (nSPS) is 21.3. The fourth-order valence-electron chi connectivity index (χ4n) is 3.21. The van der Waals surface area contributed by atoms with E-state index in [9.17, 15) is 4.79 Å². The van der Waals surface area contributed by atoms with Crippen molar-refractivity contribution in [3.63, 3.8) is 0 Å². The third-order valence-electron chi connectivity index (χ3n) is 4.73. The standard InChI is InChI=1S/C18H28N4O2.2ClH/c1-15-12-19-6-7-22(15)14-18(23)20-17-4-2-16(3-5-17)13-21-8-10-24-11-9-21;;/h2-5,15,19H,6-14H2,1H3,(H,20,23);2*1H/t15-;;/m1../s1. The molecular formula is C18H30Cl2N4O2. The maximum Gasteiger partial charge on any atom is 0.238 e. The number of carbonyl (C=O) groups is 1. The number of amides is 1. The third kappa shape index (κ3) is 7.02. The van der Waals surface area contributed by atoms with E-state index in [4.69, 9.17) is 4.74 Å². The second-order valence-corrected chi connectivity index (χ2v) is 6.66. The number of benzene rings is 1. The predicted molar refractivity (Wildman–Crippen MR) is 110 cm³/mol. The van der Waals surface area contributed by atoms with Gasteiger partial charge < -0.3 is 15.4 Å². The first kappa shape index (κ1) is 23.1. The molecule has 0 aromatic heterocycles. The fourth-order valence-corrected chi connectivity index (χ4v) is 3.21. The molecule has 2 saturated heterocycles. The number of rotatable bonds is 5. The average Bonchev–Trinajstić information content (AvgIpc) is 2.60. The summed E-state index contributed by atoms with van der Waals surface area (Å²) in [6.07, 6.45) is 0. The van der Waals surface area contributed by atoms with E-state index in [1.54, 1.807) is 0 Å². The first-order chi connectivity index (χ1) is 11.7. The van der Waals surface area contributed by atoms with Gasteiger partial charge in [0.15, 0.2) is 0 Å². The van der Waals surface area contributed by atoms with Gasteiger partial charge in [-0.3, -0.25) is 14.6 Å². The van der Waals surface area contributed by atoms with Gasteiger partial charge in [0.25, 0.3) is 0 Å². The number of nitrogens with one attached hydrogen (secondary N) is 2. The lowest BCUT2D eigenvalue weighted by Gasteiger charge is -2.33. The van der Waals surface area contributed by atoms with Gasteiger partial charge in [0, 0.05) is 51.0 Å². The largest absolute Gasteiger partial charge is 0.379 e. The number of hydrogen-bond donors (Lipinski definition) is 2. The van der Waals surface area contributed by atoms with E-state index in [1.165, 1.54) is 5.56 Å². The number of ether oxygens (including phenoxy) is 1. The summed E-state index contributed by atoms with van der Waals surface area (Å²) in [5, 5.41) is 6.35. The molecule has 1 amide bonds. The summed E-state index contributed by atoms with van der Waals surface area (Å²) in [5.74, 6) is 0.0599. The van der Waals surface area contributed by atoms with Crippen LogP contribution in [0.4, 0.5) is 5.69 Å². The Morgan fingerprint density at radius 2 is 1.88 bits per heavy atom. The molecule has 2 aliphatic rings. The minimum atomic E-state index is 0. The molecule has 2 fully saturated rings. The fraction of sp³-hybridized carbons (Fsp3) is 0.611. The molecule has 1 atom stereocenters. The van der Waals surface area contributed by atoms with Crippen LogP contribution in [0.15, 0.2) is 24.3 Å². The van der Waals surface area contributed by atoms with Crippen LogP contribution in [0.3, 0.4) is 0 Å². The number of carbonyl (C=O) groups excluding carboxylic acids is 1. The Bertz CT molecular complexity index is 538. The zero-order chi connectivity index (χ0) is 16.8. The topological polar surface area (TPSA) is 56.8 Å². The Balaban J connectivity index is 0.00000169. The predicted octanol–water partition coefficient (Wildman–Crippen LogP) is 1.59. The maximum absolute atomic E-state index is 12.2. The van der Waals surface area contributed by atoms with Crippen LogP contribution in [0.2, 0.25) is 0 Å². The van der Waals surface area contributed by atoms with Gasteiger partial charge in [-0.05, 0) is 24.6 Å². The average molecular weight is 405 g/mol. The smallest absolute Gasteiger partial charge is 0.238 e. The van der Waals surface area contributed by atoms with Gasteiger partial charge >= 0.3 is 0 Å². The molecular weight excluding hydrogens is 375 g/mol. The second-order valence-electron chi connectivity index (χ2n) is 6.66. The summed E-state index contributed by atoms with van der Waals surface area (Å²) in [7, 11) is 0. The van der Waals surface area contributed by atoms with Crippen LogP contribution in [-0.2, 0) is 16.1 Å². The molecule has 0 unspecified atom stereocenters. The van der Waals surface area contributed by atoms with Crippen molar-refractivity contribution in [3.05, 3.63) is 29.8 Å². The Hall–Kier alpha value is -0.890. The molecule has 2 aliphatic heterocycles. The van der Waals surface area contributed by atoms with Gasteiger partial charge in [0.1, 0.15) is 0 Å². The Kier molecular flexibility index (Phi) is 10.5. The van der Waals surface area contributed by atoms with Gasteiger partial charge in [-0.25, -0.2) is 0 Å². The number of piperazine rings is 1. The SMILES string of the molecule is C[C@@H]1CNCCN1CC(=O)Nc1ccc(CN2CCOCC2)cc1.Cl.Cl. The molecule has 26 heavy (non-hydrogen) atoms. The summed E-state index contributed by atoms with van der Waals surface area (Å²) in [4.78, 5) is 16.8. The minimum absolute atomic E-state index is 0. The highest BCUT2D eigenvalue weighted by atomic mass is 35.5. The van der Waals surface area contributed by atoms with Crippen LogP contribution in [0, 0.1) is 0 Å². The highest BCUT2D eigenvalue weighted by molar-refractivity contribution is 5.92. The highest BCUT2D eigenvalue weighted by Crippen LogP contribution is 2.13. The van der Waals surface area contributed by atoms with Crippen molar-refractivity contribution in [2.45, 2.75) is 19.5 Å². The van der Waals surface area contributed by atoms with Crippen LogP contribution in [0.1, 0.15) is 12.5 Å². The van der Waals surface area contributed by atoms with Crippen LogP contribution in [0.5, 0.6) is 0 Å². The van der Waals surface area contributed by atoms with E-state index in [0.29, 0.717) is 12.6 Å². The Morgan fingerprint density at radius 3 is 2.54 bits per heavy atom. The zero-order valence-electron chi connectivity index (χ0n) is 15.3. The number of morpholine rings is 1. The maximum atomic E-state index is 12.2. The lowest BCUT2D eigenvalue weighted by Crippen LogP contribution is -2.51. The van der Waals surface area contributed by atoms with Crippen LogP contribution in [-0.4, -0.2) is 74.2 Å². The van der Waals surface area contributed by atoms with E-state index < -0.39 is 0 Å². The molecule has 148 valence electrons.